The van der Waals surface area contributed by atoms with E-state index >= 15 is 0 Å². The van der Waals surface area contributed by atoms with Crippen LogP contribution in [0.2, 0.25) is 0 Å². The van der Waals surface area contributed by atoms with Gasteiger partial charge in [-0.3, -0.25) is 0 Å². The van der Waals surface area contributed by atoms with Gasteiger partial charge in [-0.1, -0.05) is 12.1 Å². The first-order valence-electron chi connectivity index (χ1n) is 3.71. The Kier molecular flexibility index (Phi) is 2.95. The molecule has 0 aliphatic rings. The van der Waals surface area contributed by atoms with Crippen molar-refractivity contribution in [2.75, 3.05) is 0 Å². The highest BCUT2D eigenvalue weighted by Crippen LogP contribution is 2.07. The number of alkyl halides is 1. The van der Waals surface area contributed by atoms with Crippen molar-refractivity contribution in [1.29, 1.82) is 0 Å². The van der Waals surface area contributed by atoms with Crippen molar-refractivity contribution in [1.82, 2.24) is 0 Å². The lowest BCUT2D eigenvalue weighted by Crippen LogP contribution is -2.17. The van der Waals surface area contributed by atoms with Gasteiger partial charge in [0.2, 0.25) is 6.17 Å². The molecular formula is C9H8F2O2. The van der Waals surface area contributed by atoms with Crippen LogP contribution in [0.25, 0.3) is 0 Å². The zero-order valence-electron chi connectivity index (χ0n) is 6.71. The Morgan fingerprint density at radius 1 is 1.38 bits per heavy atom. The van der Waals surface area contributed by atoms with E-state index in [-0.39, 0.29) is 6.42 Å². The van der Waals surface area contributed by atoms with E-state index in [9.17, 15) is 13.6 Å². The van der Waals surface area contributed by atoms with Crippen LogP contribution >= 0.6 is 0 Å². The third-order valence-corrected chi connectivity index (χ3v) is 1.60. The molecule has 0 heterocycles. The fourth-order valence-corrected chi connectivity index (χ4v) is 0.915. The quantitative estimate of drug-likeness (QED) is 0.781. The summed E-state index contributed by atoms with van der Waals surface area (Å²) in [6, 6.07) is 5.07. The maximum atomic E-state index is 12.6. The molecule has 0 amide bonds. The van der Waals surface area contributed by atoms with Gasteiger partial charge in [0.1, 0.15) is 5.82 Å². The second-order valence-corrected chi connectivity index (χ2v) is 2.64. The Morgan fingerprint density at radius 2 is 1.92 bits per heavy atom. The van der Waals surface area contributed by atoms with E-state index in [1.807, 2.05) is 0 Å². The van der Waals surface area contributed by atoms with Crippen LogP contribution in [-0.4, -0.2) is 17.2 Å². The fraction of sp³-hybridized carbons (Fsp3) is 0.222. The number of carboxylic acids is 1. The van der Waals surface area contributed by atoms with Crippen LogP contribution in [0.3, 0.4) is 0 Å². The number of hydrogen-bond acceptors (Lipinski definition) is 1. The van der Waals surface area contributed by atoms with E-state index in [0.29, 0.717) is 5.56 Å². The topological polar surface area (TPSA) is 37.3 Å². The fourth-order valence-electron chi connectivity index (χ4n) is 0.915. The van der Waals surface area contributed by atoms with E-state index in [1.165, 1.54) is 24.3 Å². The molecule has 0 spiro atoms. The summed E-state index contributed by atoms with van der Waals surface area (Å²) in [7, 11) is 0. The van der Waals surface area contributed by atoms with E-state index in [1.54, 1.807) is 0 Å². The zero-order chi connectivity index (χ0) is 9.84. The van der Waals surface area contributed by atoms with Crippen LogP contribution in [0, 0.1) is 5.82 Å². The molecule has 4 heteroatoms. The van der Waals surface area contributed by atoms with Gasteiger partial charge < -0.3 is 5.11 Å². The minimum absolute atomic E-state index is 0.227. The summed E-state index contributed by atoms with van der Waals surface area (Å²) in [6.45, 7) is 0. The molecule has 1 unspecified atom stereocenters. The van der Waals surface area contributed by atoms with Gasteiger partial charge in [-0.25, -0.2) is 13.6 Å². The Labute approximate surface area is 73.8 Å². The number of hydrogen-bond donors (Lipinski definition) is 1. The molecule has 0 saturated carbocycles. The van der Waals surface area contributed by atoms with Crippen molar-refractivity contribution in [3.05, 3.63) is 35.6 Å². The van der Waals surface area contributed by atoms with Crippen molar-refractivity contribution in [2.24, 2.45) is 0 Å². The van der Waals surface area contributed by atoms with Gasteiger partial charge in [0.05, 0.1) is 0 Å². The predicted octanol–water partition coefficient (Wildman–Crippen LogP) is 1.79. The van der Waals surface area contributed by atoms with E-state index in [2.05, 4.69) is 0 Å². The molecule has 0 aliphatic heterocycles. The standard InChI is InChI=1S/C9H8F2O2/c10-7-3-1-6(2-4-7)5-8(11)9(12)13/h1-4,8H,5H2,(H,12,13). The molecule has 1 aromatic carbocycles. The van der Waals surface area contributed by atoms with Crippen molar-refractivity contribution >= 4 is 5.97 Å². The Bertz CT molecular complexity index is 295. The number of halogens is 2. The molecule has 1 atom stereocenters. The van der Waals surface area contributed by atoms with Gasteiger partial charge in [-0.15, -0.1) is 0 Å². The summed E-state index contributed by atoms with van der Waals surface area (Å²) in [6.07, 6.45) is -2.15. The average Bonchev–Trinajstić information content (AvgIpc) is 2.08. The highest BCUT2D eigenvalue weighted by atomic mass is 19.1. The maximum absolute atomic E-state index is 12.6. The SMILES string of the molecule is O=C(O)C(F)Cc1ccc(F)cc1. The van der Waals surface area contributed by atoms with Gasteiger partial charge >= 0.3 is 5.97 Å². The van der Waals surface area contributed by atoms with Gasteiger partial charge in [0, 0.05) is 6.42 Å². The molecule has 70 valence electrons. The van der Waals surface area contributed by atoms with Crippen molar-refractivity contribution in [2.45, 2.75) is 12.6 Å². The lowest BCUT2D eigenvalue weighted by molar-refractivity contribution is -0.142. The monoisotopic (exact) mass is 186 g/mol. The summed E-state index contributed by atoms with van der Waals surface area (Å²) < 4.78 is 25.0. The third-order valence-electron chi connectivity index (χ3n) is 1.60. The third kappa shape index (κ3) is 2.82. The molecule has 0 bridgehead atoms. The summed E-state index contributed by atoms with van der Waals surface area (Å²) in [5, 5.41) is 8.25. The molecule has 1 N–H and O–H groups in total. The number of rotatable bonds is 3. The Balaban J connectivity index is 2.64. The molecule has 0 fully saturated rings. The number of benzene rings is 1. The number of aliphatic carboxylic acids is 1. The van der Waals surface area contributed by atoms with E-state index in [4.69, 9.17) is 5.11 Å². The second kappa shape index (κ2) is 3.98. The predicted molar refractivity (Wildman–Crippen MR) is 42.6 cm³/mol. The van der Waals surface area contributed by atoms with Gasteiger partial charge in [-0.05, 0) is 17.7 Å². The molecule has 0 radical (unpaired) electrons. The van der Waals surface area contributed by atoms with Crippen LogP contribution < -0.4 is 0 Å². The van der Waals surface area contributed by atoms with E-state index < -0.39 is 18.0 Å². The van der Waals surface area contributed by atoms with Crippen LogP contribution in [0.4, 0.5) is 8.78 Å². The summed E-state index contributed by atoms with van der Waals surface area (Å²) in [5.41, 5.74) is 0.469. The first-order chi connectivity index (χ1) is 6.09. The van der Waals surface area contributed by atoms with Crippen LogP contribution in [-0.2, 0) is 11.2 Å². The lowest BCUT2D eigenvalue weighted by atomic mass is 10.1. The number of carbonyl (C=O) groups is 1. The molecule has 1 rings (SSSR count). The first-order valence-corrected chi connectivity index (χ1v) is 3.71. The molecule has 2 nitrogen and oxygen atoms in total. The van der Waals surface area contributed by atoms with Crippen molar-refractivity contribution in [3.63, 3.8) is 0 Å². The smallest absolute Gasteiger partial charge is 0.338 e. The highest BCUT2D eigenvalue weighted by Gasteiger charge is 2.15. The van der Waals surface area contributed by atoms with Gasteiger partial charge in [0.25, 0.3) is 0 Å². The summed E-state index contributed by atoms with van der Waals surface area (Å²) >= 11 is 0. The number of carboxylic acid groups (broad SMARTS) is 1. The Morgan fingerprint density at radius 3 is 2.38 bits per heavy atom. The molecular weight excluding hydrogens is 178 g/mol. The molecule has 1 aromatic rings. The van der Waals surface area contributed by atoms with Crippen molar-refractivity contribution < 1.29 is 18.7 Å². The average molecular weight is 186 g/mol. The highest BCUT2D eigenvalue weighted by molar-refractivity contribution is 5.72. The first kappa shape index (κ1) is 9.64. The van der Waals surface area contributed by atoms with E-state index in [0.717, 1.165) is 0 Å². The normalized spacial score (nSPS) is 12.5. The minimum Gasteiger partial charge on any atom is -0.479 e. The lowest BCUT2D eigenvalue weighted by Gasteiger charge is -2.02. The molecule has 0 aliphatic carbocycles. The van der Waals surface area contributed by atoms with Crippen LogP contribution in [0.15, 0.2) is 24.3 Å². The van der Waals surface area contributed by atoms with Gasteiger partial charge in [0.15, 0.2) is 0 Å². The molecule has 13 heavy (non-hydrogen) atoms. The summed E-state index contributed by atoms with van der Waals surface area (Å²) in [4.78, 5) is 10.1. The second-order valence-electron chi connectivity index (χ2n) is 2.64. The van der Waals surface area contributed by atoms with Crippen LogP contribution in [0.5, 0.6) is 0 Å². The zero-order valence-corrected chi connectivity index (χ0v) is 6.71. The Hall–Kier alpha value is -1.45. The molecule has 0 aromatic heterocycles. The minimum atomic E-state index is -1.93. The summed E-state index contributed by atoms with van der Waals surface area (Å²) in [5.74, 6) is -1.92. The van der Waals surface area contributed by atoms with Crippen molar-refractivity contribution in [3.8, 4) is 0 Å². The molecule has 0 saturated heterocycles. The largest absolute Gasteiger partial charge is 0.479 e. The van der Waals surface area contributed by atoms with Gasteiger partial charge in [-0.2, -0.15) is 0 Å². The maximum Gasteiger partial charge on any atom is 0.338 e. The van der Waals surface area contributed by atoms with Crippen LogP contribution in [0.1, 0.15) is 5.56 Å².